The first kappa shape index (κ1) is 13.4. The van der Waals surface area contributed by atoms with Crippen LogP contribution in [0.5, 0.6) is 5.75 Å². The number of aliphatic hydroxyl groups excluding tert-OH is 1. The van der Waals surface area contributed by atoms with Gasteiger partial charge in [0.1, 0.15) is 18.5 Å². The minimum absolute atomic E-state index is 0.211. The largest absolute Gasteiger partial charge is 0.491 e. The smallest absolute Gasteiger partial charge is 0.119 e. The topological polar surface area (TPSA) is 65.3 Å². The molecule has 2 rings (SSSR count). The van der Waals surface area contributed by atoms with Gasteiger partial charge in [0.15, 0.2) is 0 Å². The molecule has 5 heteroatoms. The number of nitrogens with zero attached hydrogens (tertiary/aromatic N) is 1. The minimum Gasteiger partial charge on any atom is -0.491 e. The lowest BCUT2D eigenvalue weighted by Crippen LogP contribution is -2.26. The molecule has 2 aromatic rings. The maximum absolute atomic E-state index is 9.77. The number of thiophene rings is 1. The molecule has 0 saturated carbocycles. The Balaban J connectivity index is 1.73. The van der Waals surface area contributed by atoms with Gasteiger partial charge in [0.05, 0.1) is 11.6 Å². The first-order valence-corrected chi connectivity index (χ1v) is 6.79. The molecule has 1 unspecified atom stereocenters. The van der Waals surface area contributed by atoms with Gasteiger partial charge in [-0.2, -0.15) is 16.6 Å². The zero-order valence-electron chi connectivity index (χ0n) is 10.2. The van der Waals surface area contributed by atoms with Crippen LogP contribution >= 0.6 is 11.3 Å². The van der Waals surface area contributed by atoms with E-state index in [2.05, 4.69) is 5.32 Å². The van der Waals surface area contributed by atoms with Gasteiger partial charge in [-0.15, -0.1) is 0 Å². The average molecular weight is 274 g/mol. The molecular weight excluding hydrogens is 260 g/mol. The van der Waals surface area contributed by atoms with Crippen LogP contribution in [0.2, 0.25) is 0 Å². The van der Waals surface area contributed by atoms with Crippen molar-refractivity contribution in [2.45, 2.75) is 6.10 Å². The van der Waals surface area contributed by atoms with E-state index in [1.807, 2.05) is 22.9 Å². The standard InChI is InChI=1S/C14H14N2O2S/c15-7-11-1-3-14(4-2-11)18-9-13(17)8-16-12-5-6-19-10-12/h1-6,10,13,16-17H,8-9H2. The Bertz CT molecular complexity index is 532. The highest BCUT2D eigenvalue weighted by Crippen LogP contribution is 2.13. The van der Waals surface area contributed by atoms with Crippen LogP contribution in [-0.4, -0.2) is 24.4 Å². The molecule has 0 radical (unpaired) electrons. The number of rotatable bonds is 6. The van der Waals surface area contributed by atoms with Gasteiger partial charge >= 0.3 is 0 Å². The SMILES string of the molecule is N#Cc1ccc(OCC(O)CNc2ccsc2)cc1. The van der Waals surface area contributed by atoms with Crippen LogP contribution in [0.3, 0.4) is 0 Å². The van der Waals surface area contributed by atoms with E-state index in [-0.39, 0.29) is 6.61 Å². The third-order valence-electron chi connectivity index (χ3n) is 2.49. The minimum atomic E-state index is -0.587. The van der Waals surface area contributed by atoms with E-state index >= 15 is 0 Å². The van der Waals surface area contributed by atoms with E-state index in [0.29, 0.717) is 17.9 Å². The molecule has 0 aliphatic rings. The summed E-state index contributed by atoms with van der Waals surface area (Å²) in [5.41, 5.74) is 1.59. The Morgan fingerprint density at radius 1 is 1.32 bits per heavy atom. The fraction of sp³-hybridized carbons (Fsp3) is 0.214. The predicted octanol–water partition coefficient (Wildman–Crippen LogP) is 2.47. The van der Waals surface area contributed by atoms with Crippen molar-refractivity contribution in [2.24, 2.45) is 0 Å². The molecule has 0 saturated heterocycles. The molecule has 4 nitrogen and oxygen atoms in total. The van der Waals surface area contributed by atoms with Crippen LogP contribution in [0.15, 0.2) is 41.1 Å². The normalized spacial score (nSPS) is 11.6. The molecule has 98 valence electrons. The Kier molecular flexibility index (Phi) is 4.78. The predicted molar refractivity (Wildman–Crippen MR) is 75.5 cm³/mol. The Hall–Kier alpha value is -2.03. The summed E-state index contributed by atoms with van der Waals surface area (Å²) in [5, 5.41) is 25.5. The van der Waals surface area contributed by atoms with Crippen LogP contribution in [0, 0.1) is 11.3 Å². The maximum atomic E-state index is 9.77. The fourth-order valence-electron chi connectivity index (χ4n) is 1.48. The summed E-state index contributed by atoms with van der Waals surface area (Å²) in [6, 6.07) is 10.8. The molecule has 19 heavy (non-hydrogen) atoms. The third-order valence-corrected chi connectivity index (χ3v) is 3.17. The van der Waals surface area contributed by atoms with Crippen molar-refractivity contribution in [1.82, 2.24) is 0 Å². The highest BCUT2D eigenvalue weighted by atomic mass is 32.1. The third kappa shape index (κ3) is 4.28. The molecule has 1 atom stereocenters. The van der Waals surface area contributed by atoms with E-state index in [1.54, 1.807) is 35.6 Å². The number of hydrogen-bond acceptors (Lipinski definition) is 5. The van der Waals surface area contributed by atoms with Gasteiger partial charge in [0, 0.05) is 17.6 Å². The lowest BCUT2D eigenvalue weighted by atomic mass is 10.2. The fourth-order valence-corrected chi connectivity index (χ4v) is 2.09. The summed E-state index contributed by atoms with van der Waals surface area (Å²) in [6.07, 6.45) is -0.587. The van der Waals surface area contributed by atoms with Gasteiger partial charge in [-0.25, -0.2) is 0 Å². The van der Waals surface area contributed by atoms with Crippen LogP contribution in [-0.2, 0) is 0 Å². The summed E-state index contributed by atoms with van der Waals surface area (Å²) < 4.78 is 5.44. The summed E-state index contributed by atoms with van der Waals surface area (Å²) in [7, 11) is 0. The van der Waals surface area contributed by atoms with E-state index in [0.717, 1.165) is 5.69 Å². The number of hydrogen-bond donors (Lipinski definition) is 2. The molecular formula is C14H14N2O2S. The molecule has 1 aromatic carbocycles. The van der Waals surface area contributed by atoms with Gasteiger partial charge in [-0.1, -0.05) is 0 Å². The lowest BCUT2D eigenvalue weighted by molar-refractivity contribution is 0.117. The van der Waals surface area contributed by atoms with Gasteiger partial charge in [0.2, 0.25) is 0 Å². The van der Waals surface area contributed by atoms with E-state index in [4.69, 9.17) is 10.00 Å². The second-order valence-electron chi connectivity index (χ2n) is 3.99. The molecule has 0 bridgehead atoms. The summed E-state index contributed by atoms with van der Waals surface area (Å²) >= 11 is 1.60. The van der Waals surface area contributed by atoms with Crippen molar-refractivity contribution in [2.75, 3.05) is 18.5 Å². The van der Waals surface area contributed by atoms with E-state index < -0.39 is 6.10 Å². The Morgan fingerprint density at radius 3 is 2.74 bits per heavy atom. The number of ether oxygens (including phenoxy) is 1. The van der Waals surface area contributed by atoms with Gasteiger partial charge in [-0.3, -0.25) is 0 Å². The van der Waals surface area contributed by atoms with Crippen molar-refractivity contribution < 1.29 is 9.84 Å². The van der Waals surface area contributed by atoms with Crippen LogP contribution in [0.25, 0.3) is 0 Å². The summed E-state index contributed by atoms with van der Waals surface area (Å²) in [5.74, 6) is 0.647. The molecule has 0 amide bonds. The molecule has 2 N–H and O–H groups in total. The Morgan fingerprint density at radius 2 is 2.11 bits per heavy atom. The average Bonchev–Trinajstić information content (AvgIpc) is 2.96. The van der Waals surface area contributed by atoms with Crippen molar-refractivity contribution in [3.8, 4) is 11.8 Å². The molecule has 1 aromatic heterocycles. The number of aliphatic hydroxyl groups is 1. The number of benzene rings is 1. The lowest BCUT2D eigenvalue weighted by Gasteiger charge is -2.13. The van der Waals surface area contributed by atoms with Crippen molar-refractivity contribution in [3.63, 3.8) is 0 Å². The quantitative estimate of drug-likeness (QED) is 0.849. The van der Waals surface area contributed by atoms with Crippen molar-refractivity contribution in [1.29, 1.82) is 5.26 Å². The first-order valence-electron chi connectivity index (χ1n) is 5.85. The molecule has 0 spiro atoms. The second kappa shape index (κ2) is 6.78. The number of nitriles is 1. The molecule has 0 aliphatic carbocycles. The van der Waals surface area contributed by atoms with Crippen molar-refractivity contribution >= 4 is 17.0 Å². The zero-order valence-corrected chi connectivity index (χ0v) is 11.1. The second-order valence-corrected chi connectivity index (χ2v) is 4.77. The van der Waals surface area contributed by atoms with Crippen molar-refractivity contribution in [3.05, 3.63) is 46.7 Å². The summed E-state index contributed by atoms with van der Waals surface area (Å²) in [4.78, 5) is 0. The summed E-state index contributed by atoms with van der Waals surface area (Å²) in [6.45, 7) is 0.649. The maximum Gasteiger partial charge on any atom is 0.119 e. The number of nitrogens with one attached hydrogen (secondary N) is 1. The molecule has 1 heterocycles. The van der Waals surface area contributed by atoms with E-state index in [1.165, 1.54) is 0 Å². The van der Waals surface area contributed by atoms with Gasteiger partial charge < -0.3 is 15.2 Å². The number of anilines is 1. The highest BCUT2D eigenvalue weighted by Gasteiger charge is 2.05. The monoisotopic (exact) mass is 274 g/mol. The highest BCUT2D eigenvalue weighted by molar-refractivity contribution is 7.08. The van der Waals surface area contributed by atoms with Gasteiger partial charge in [-0.05, 0) is 35.7 Å². The van der Waals surface area contributed by atoms with Crippen LogP contribution in [0.1, 0.15) is 5.56 Å². The van der Waals surface area contributed by atoms with Gasteiger partial charge in [0.25, 0.3) is 0 Å². The van der Waals surface area contributed by atoms with Crippen LogP contribution in [0.4, 0.5) is 5.69 Å². The first-order chi connectivity index (χ1) is 9.28. The Labute approximate surface area is 115 Å². The van der Waals surface area contributed by atoms with E-state index in [9.17, 15) is 5.11 Å². The van der Waals surface area contributed by atoms with Crippen LogP contribution < -0.4 is 10.1 Å². The molecule has 0 fully saturated rings. The molecule has 0 aliphatic heterocycles. The zero-order chi connectivity index (χ0) is 13.5.